The molecule has 4 fully saturated rings. The molecule has 0 aromatic carbocycles. The molecule has 5 aliphatic rings. The van der Waals surface area contributed by atoms with Gasteiger partial charge in [-0.05, 0) is 101 Å². The van der Waals surface area contributed by atoms with E-state index in [2.05, 4.69) is 0 Å². The van der Waals surface area contributed by atoms with Crippen molar-refractivity contribution in [3.8, 4) is 0 Å². The Morgan fingerprint density at radius 2 is 1.67 bits per heavy atom. The number of carbonyl (C=O) groups is 1. The molecule has 1 aliphatic heterocycles. The minimum absolute atomic E-state index is 0.102. The lowest BCUT2D eigenvalue weighted by molar-refractivity contribution is -0.322. The molecule has 0 aromatic heterocycles. The van der Waals surface area contributed by atoms with Crippen molar-refractivity contribution >= 4 is 5.78 Å². The predicted molar refractivity (Wildman–Crippen MR) is 164 cm³/mol. The minimum atomic E-state index is -1.64. The van der Waals surface area contributed by atoms with Crippen LogP contribution in [0.15, 0.2) is 11.6 Å². The van der Waals surface area contributed by atoms with Crippen LogP contribution >= 0.6 is 0 Å². The smallest absolute Gasteiger partial charge is 0.187 e. The standard InChI is InChI=1S/C34H56O12/c1-16(30(2,3)42)11-25(38)33(6,43)24-8-10-34(44)18-12-20(36)19-13-22(45-29-28(41)27(40)26(39)23(15-35)46-29)21(37)14-31(19,4)17(18)7-9-32(24,34)5/h12,16-17,19,21-29,35,37-44H,7-11,13-15H2,1-6H3. The molecule has 16 atom stereocenters. The van der Waals surface area contributed by atoms with Gasteiger partial charge in [0.15, 0.2) is 12.1 Å². The Morgan fingerprint density at radius 1 is 1.02 bits per heavy atom. The fourth-order valence-corrected chi connectivity index (χ4v) is 9.89. The van der Waals surface area contributed by atoms with E-state index < -0.39 is 95.1 Å². The van der Waals surface area contributed by atoms with Gasteiger partial charge in [-0.1, -0.05) is 20.8 Å². The van der Waals surface area contributed by atoms with Crippen molar-refractivity contribution in [1.82, 2.24) is 0 Å². The second-order valence-electron chi connectivity index (χ2n) is 16.4. The molecule has 9 N–H and O–H groups in total. The highest BCUT2D eigenvalue weighted by atomic mass is 16.7. The Bertz CT molecular complexity index is 1180. The first kappa shape index (κ1) is 36.3. The summed E-state index contributed by atoms with van der Waals surface area (Å²) in [5.74, 6) is -1.79. The fraction of sp³-hybridized carbons (Fsp3) is 0.912. The molecule has 1 heterocycles. The van der Waals surface area contributed by atoms with Gasteiger partial charge in [-0.2, -0.15) is 0 Å². The zero-order chi connectivity index (χ0) is 34.4. The number of aliphatic hydroxyl groups excluding tert-OH is 6. The van der Waals surface area contributed by atoms with Gasteiger partial charge in [0, 0.05) is 11.3 Å². The zero-order valence-corrected chi connectivity index (χ0v) is 27.9. The fourth-order valence-electron chi connectivity index (χ4n) is 9.89. The molecule has 3 saturated carbocycles. The summed E-state index contributed by atoms with van der Waals surface area (Å²) in [4.78, 5) is 13.9. The number of rotatable bonds is 8. The molecule has 16 unspecified atom stereocenters. The van der Waals surface area contributed by atoms with E-state index in [1.54, 1.807) is 26.8 Å². The largest absolute Gasteiger partial charge is 0.394 e. The third kappa shape index (κ3) is 5.53. The van der Waals surface area contributed by atoms with E-state index in [4.69, 9.17) is 9.47 Å². The summed E-state index contributed by atoms with van der Waals surface area (Å²) in [7, 11) is 0. The average molecular weight is 657 g/mol. The summed E-state index contributed by atoms with van der Waals surface area (Å²) in [6.07, 6.45) is -6.75. The first-order chi connectivity index (χ1) is 21.1. The SMILES string of the molecule is CC(CC(O)C(C)(O)C1CCC2(O)C3=CC(=O)C4CC(OC5OC(CO)C(O)C(O)C5O)C(O)CC4(C)C3CCC12C)C(C)(C)O. The van der Waals surface area contributed by atoms with Crippen molar-refractivity contribution in [3.05, 3.63) is 11.6 Å². The van der Waals surface area contributed by atoms with Crippen LogP contribution in [0.5, 0.6) is 0 Å². The number of hydrogen-bond donors (Lipinski definition) is 9. The molecule has 12 heteroatoms. The summed E-state index contributed by atoms with van der Waals surface area (Å²) in [5.41, 5.74) is -4.98. The summed E-state index contributed by atoms with van der Waals surface area (Å²) < 4.78 is 11.4. The van der Waals surface area contributed by atoms with Crippen LogP contribution < -0.4 is 0 Å². The maximum absolute atomic E-state index is 13.9. The molecular weight excluding hydrogens is 600 g/mol. The Balaban J connectivity index is 1.38. The molecule has 4 aliphatic carbocycles. The van der Waals surface area contributed by atoms with Crippen LogP contribution in [0.2, 0.25) is 0 Å². The van der Waals surface area contributed by atoms with Gasteiger partial charge >= 0.3 is 0 Å². The lowest BCUT2D eigenvalue weighted by atomic mass is 9.45. The quantitative estimate of drug-likeness (QED) is 0.168. The van der Waals surface area contributed by atoms with Crippen molar-refractivity contribution in [2.75, 3.05) is 6.61 Å². The van der Waals surface area contributed by atoms with Gasteiger partial charge in [-0.3, -0.25) is 4.79 Å². The van der Waals surface area contributed by atoms with Gasteiger partial charge < -0.3 is 55.4 Å². The van der Waals surface area contributed by atoms with Crippen LogP contribution in [0.3, 0.4) is 0 Å². The molecule has 12 nitrogen and oxygen atoms in total. The highest BCUT2D eigenvalue weighted by Gasteiger charge is 2.69. The maximum Gasteiger partial charge on any atom is 0.187 e. The summed E-state index contributed by atoms with van der Waals surface area (Å²) in [6.45, 7) is 10.0. The van der Waals surface area contributed by atoms with Crippen molar-refractivity contribution in [1.29, 1.82) is 0 Å². The Morgan fingerprint density at radius 3 is 2.28 bits per heavy atom. The Kier molecular flexibility index (Phi) is 9.52. The number of carbonyl (C=O) groups excluding carboxylic acids is 1. The van der Waals surface area contributed by atoms with Crippen LogP contribution in [0.4, 0.5) is 0 Å². The monoisotopic (exact) mass is 656 g/mol. The van der Waals surface area contributed by atoms with E-state index in [1.165, 1.54) is 0 Å². The lowest BCUT2D eigenvalue weighted by Gasteiger charge is -2.61. The van der Waals surface area contributed by atoms with Gasteiger partial charge in [0.1, 0.15) is 24.4 Å². The molecule has 5 rings (SSSR count). The third-order valence-corrected chi connectivity index (χ3v) is 13.4. The molecule has 0 amide bonds. The normalized spacial score (nSPS) is 48.8. The van der Waals surface area contributed by atoms with Gasteiger partial charge in [-0.15, -0.1) is 0 Å². The summed E-state index contributed by atoms with van der Waals surface area (Å²) in [6, 6.07) is 0. The molecular formula is C34H56O12. The number of hydrogen-bond acceptors (Lipinski definition) is 12. The van der Waals surface area contributed by atoms with Gasteiger partial charge in [0.25, 0.3) is 0 Å². The van der Waals surface area contributed by atoms with Gasteiger partial charge in [0.05, 0.1) is 41.7 Å². The summed E-state index contributed by atoms with van der Waals surface area (Å²) in [5, 5.41) is 97.8. The summed E-state index contributed by atoms with van der Waals surface area (Å²) >= 11 is 0. The van der Waals surface area contributed by atoms with Crippen LogP contribution in [-0.2, 0) is 14.3 Å². The van der Waals surface area contributed by atoms with E-state index in [-0.39, 0.29) is 36.9 Å². The molecule has 0 radical (unpaired) electrons. The minimum Gasteiger partial charge on any atom is -0.394 e. The van der Waals surface area contributed by atoms with E-state index in [9.17, 15) is 50.8 Å². The molecule has 0 spiro atoms. The topological polar surface area (TPSA) is 218 Å². The Hall–Kier alpha value is -1.03. The van der Waals surface area contributed by atoms with Crippen molar-refractivity contribution in [2.24, 2.45) is 34.5 Å². The number of aliphatic hydroxyl groups is 9. The van der Waals surface area contributed by atoms with E-state index in [0.29, 0.717) is 31.3 Å². The average Bonchev–Trinajstić information content (AvgIpc) is 3.25. The third-order valence-electron chi connectivity index (χ3n) is 13.4. The van der Waals surface area contributed by atoms with E-state index in [1.807, 2.05) is 20.8 Å². The first-order valence-corrected chi connectivity index (χ1v) is 16.9. The van der Waals surface area contributed by atoms with Crippen LogP contribution in [0.1, 0.15) is 86.5 Å². The van der Waals surface area contributed by atoms with E-state index >= 15 is 0 Å². The second kappa shape index (κ2) is 12.1. The van der Waals surface area contributed by atoms with Crippen LogP contribution in [-0.4, -0.2) is 124 Å². The lowest BCUT2D eigenvalue weighted by Crippen LogP contribution is -2.64. The van der Waals surface area contributed by atoms with Crippen molar-refractivity contribution in [3.63, 3.8) is 0 Å². The van der Waals surface area contributed by atoms with Crippen LogP contribution in [0.25, 0.3) is 0 Å². The molecule has 0 aromatic rings. The van der Waals surface area contributed by atoms with Crippen molar-refractivity contribution < 1.29 is 60.2 Å². The van der Waals surface area contributed by atoms with Gasteiger partial charge in [0.2, 0.25) is 0 Å². The first-order valence-electron chi connectivity index (χ1n) is 16.9. The molecule has 1 saturated heterocycles. The van der Waals surface area contributed by atoms with Crippen LogP contribution in [0, 0.1) is 34.5 Å². The maximum atomic E-state index is 13.9. The predicted octanol–water partition coefficient (Wildman–Crippen LogP) is -0.0758. The number of ketones is 1. The number of fused-ring (bicyclic) bond motifs is 5. The number of ether oxygens (including phenoxy) is 2. The molecule has 264 valence electrons. The van der Waals surface area contributed by atoms with Gasteiger partial charge in [-0.25, -0.2) is 0 Å². The highest BCUT2D eigenvalue weighted by Crippen LogP contribution is 2.68. The Labute approximate surface area is 271 Å². The zero-order valence-electron chi connectivity index (χ0n) is 27.9. The molecule has 46 heavy (non-hydrogen) atoms. The van der Waals surface area contributed by atoms with Crippen molar-refractivity contribution in [2.45, 2.75) is 152 Å². The highest BCUT2D eigenvalue weighted by molar-refractivity contribution is 5.95. The number of allylic oxidation sites excluding steroid dienone is 1. The van der Waals surface area contributed by atoms with E-state index in [0.717, 1.165) is 0 Å². The molecule has 0 bridgehead atoms. The second-order valence-corrected chi connectivity index (χ2v) is 16.4.